The fraction of sp³-hybridized carbons (Fsp3) is 0.250. The van der Waals surface area contributed by atoms with Gasteiger partial charge in [-0.15, -0.1) is 5.10 Å². The number of aliphatic carboxylic acids is 1. The first-order chi connectivity index (χ1) is 16.7. The van der Waals surface area contributed by atoms with Crippen molar-refractivity contribution in [3.05, 3.63) is 65.9 Å². The summed E-state index contributed by atoms with van der Waals surface area (Å²) in [6.07, 6.45) is 1.65. The lowest BCUT2D eigenvalue weighted by atomic mass is 9.85. The van der Waals surface area contributed by atoms with Crippen molar-refractivity contribution in [3.8, 4) is 28.4 Å². The van der Waals surface area contributed by atoms with Gasteiger partial charge in [-0.2, -0.15) is 0 Å². The quantitative estimate of drug-likeness (QED) is 0.391. The second kappa shape index (κ2) is 9.45. The van der Waals surface area contributed by atoms with E-state index in [1.54, 1.807) is 29.1 Å². The van der Waals surface area contributed by atoms with Gasteiger partial charge in [0.2, 0.25) is 5.95 Å². The summed E-state index contributed by atoms with van der Waals surface area (Å²) in [5.74, 6) is -1.36. The molecule has 0 amide bonds. The molecule has 0 aliphatic heterocycles. The standard InChI is InChI=1S/C24H24FN7O3/c1-24(2,11-21(33)34)20-9-4-6-14(27-20)12-32-13-19(30-31-32)18-10-17(28-23(26)29-18)15-7-5-8-16(25)22(15)35-3/h4-10,13H,11-12H2,1-3H3,(H,33,34)(H2,26,28,29). The van der Waals surface area contributed by atoms with E-state index in [4.69, 9.17) is 10.5 Å². The molecule has 0 unspecified atom stereocenters. The summed E-state index contributed by atoms with van der Waals surface area (Å²) in [5, 5.41) is 17.5. The largest absolute Gasteiger partial charge is 0.493 e. The van der Waals surface area contributed by atoms with Crippen molar-refractivity contribution in [2.45, 2.75) is 32.2 Å². The van der Waals surface area contributed by atoms with Crippen molar-refractivity contribution >= 4 is 11.9 Å². The third-order valence-corrected chi connectivity index (χ3v) is 5.41. The van der Waals surface area contributed by atoms with Crippen LogP contribution >= 0.6 is 0 Å². The van der Waals surface area contributed by atoms with Gasteiger partial charge in [0.25, 0.3) is 0 Å². The molecular formula is C24H24FN7O3. The molecule has 0 bridgehead atoms. The number of carboxylic acids is 1. The van der Waals surface area contributed by atoms with Crippen LogP contribution in [-0.4, -0.2) is 48.1 Å². The first-order valence-corrected chi connectivity index (χ1v) is 10.7. The molecule has 0 aliphatic carbocycles. The number of carbonyl (C=O) groups is 1. The van der Waals surface area contributed by atoms with E-state index >= 15 is 0 Å². The summed E-state index contributed by atoms with van der Waals surface area (Å²) >= 11 is 0. The third kappa shape index (κ3) is 5.24. The molecule has 10 nitrogen and oxygen atoms in total. The van der Waals surface area contributed by atoms with Crippen LogP contribution in [-0.2, 0) is 16.8 Å². The number of nitrogens with two attached hydrogens (primary N) is 1. The smallest absolute Gasteiger partial charge is 0.304 e. The zero-order chi connectivity index (χ0) is 25.2. The first-order valence-electron chi connectivity index (χ1n) is 10.7. The van der Waals surface area contributed by atoms with Crippen molar-refractivity contribution in [3.63, 3.8) is 0 Å². The van der Waals surface area contributed by atoms with Gasteiger partial charge in [-0.05, 0) is 30.3 Å². The highest BCUT2D eigenvalue weighted by molar-refractivity contribution is 5.72. The third-order valence-electron chi connectivity index (χ3n) is 5.41. The van der Waals surface area contributed by atoms with Crippen molar-refractivity contribution in [2.24, 2.45) is 0 Å². The highest BCUT2D eigenvalue weighted by Gasteiger charge is 2.26. The summed E-state index contributed by atoms with van der Waals surface area (Å²) in [6, 6.07) is 11.6. The average Bonchev–Trinajstić information content (AvgIpc) is 3.26. The van der Waals surface area contributed by atoms with Crippen LogP contribution in [0.2, 0.25) is 0 Å². The topological polar surface area (TPSA) is 142 Å². The Morgan fingerprint density at radius 2 is 1.86 bits per heavy atom. The maximum atomic E-state index is 14.2. The van der Waals surface area contributed by atoms with Crippen molar-refractivity contribution in [1.82, 2.24) is 29.9 Å². The predicted octanol–water partition coefficient (Wildman–Crippen LogP) is 3.33. The van der Waals surface area contributed by atoms with Gasteiger partial charge in [-0.3, -0.25) is 9.78 Å². The minimum atomic E-state index is -0.887. The minimum Gasteiger partial charge on any atom is -0.493 e. The van der Waals surface area contributed by atoms with Crippen molar-refractivity contribution < 1.29 is 19.0 Å². The zero-order valence-electron chi connectivity index (χ0n) is 19.4. The van der Waals surface area contributed by atoms with Crippen LogP contribution in [0.5, 0.6) is 5.75 Å². The van der Waals surface area contributed by atoms with E-state index in [0.717, 1.165) is 0 Å². The number of anilines is 1. The minimum absolute atomic E-state index is 0.00612. The molecule has 3 aromatic heterocycles. The second-order valence-corrected chi connectivity index (χ2v) is 8.59. The number of aromatic nitrogens is 6. The number of carboxylic acid groups (broad SMARTS) is 1. The Morgan fingerprint density at radius 1 is 1.11 bits per heavy atom. The van der Waals surface area contributed by atoms with Crippen LogP contribution in [0.15, 0.2) is 48.7 Å². The van der Waals surface area contributed by atoms with Crippen LogP contribution in [0.3, 0.4) is 0 Å². The van der Waals surface area contributed by atoms with E-state index < -0.39 is 17.2 Å². The molecule has 0 fully saturated rings. The van der Waals surface area contributed by atoms with Gasteiger partial charge >= 0.3 is 5.97 Å². The highest BCUT2D eigenvalue weighted by Crippen LogP contribution is 2.33. The monoisotopic (exact) mass is 477 g/mol. The average molecular weight is 478 g/mol. The number of para-hydroxylation sites is 1. The van der Waals surface area contributed by atoms with Gasteiger partial charge < -0.3 is 15.6 Å². The molecule has 0 spiro atoms. The Labute approximate surface area is 200 Å². The number of hydrogen-bond acceptors (Lipinski definition) is 8. The number of nitrogens with zero attached hydrogens (tertiary/aromatic N) is 6. The summed E-state index contributed by atoms with van der Waals surface area (Å²) in [5.41, 5.74) is 8.34. The molecule has 3 N–H and O–H groups in total. The zero-order valence-corrected chi connectivity index (χ0v) is 19.4. The lowest BCUT2D eigenvalue weighted by Crippen LogP contribution is -2.23. The summed E-state index contributed by atoms with van der Waals surface area (Å²) in [7, 11) is 1.38. The fourth-order valence-electron chi connectivity index (χ4n) is 3.73. The Morgan fingerprint density at radius 3 is 2.60 bits per heavy atom. The molecule has 0 saturated carbocycles. The maximum absolute atomic E-state index is 14.2. The number of ether oxygens (including phenoxy) is 1. The number of halogens is 1. The molecular weight excluding hydrogens is 453 g/mol. The normalized spacial score (nSPS) is 11.4. The first kappa shape index (κ1) is 23.7. The van der Waals surface area contributed by atoms with E-state index in [1.807, 2.05) is 32.0 Å². The molecule has 1 aromatic carbocycles. The highest BCUT2D eigenvalue weighted by atomic mass is 19.1. The lowest BCUT2D eigenvalue weighted by molar-refractivity contribution is -0.138. The number of nitrogen functional groups attached to an aromatic ring is 1. The number of hydrogen-bond donors (Lipinski definition) is 2. The van der Waals surface area contributed by atoms with Crippen LogP contribution in [0.25, 0.3) is 22.6 Å². The van der Waals surface area contributed by atoms with Gasteiger partial charge in [-0.25, -0.2) is 19.0 Å². The number of methoxy groups -OCH3 is 1. The molecule has 0 atom stereocenters. The van der Waals surface area contributed by atoms with E-state index in [-0.39, 0.29) is 18.1 Å². The van der Waals surface area contributed by atoms with Crippen LogP contribution in [0, 0.1) is 5.82 Å². The summed E-state index contributed by atoms with van der Waals surface area (Å²) < 4.78 is 21.0. The van der Waals surface area contributed by atoms with Gasteiger partial charge in [-0.1, -0.05) is 31.2 Å². The second-order valence-electron chi connectivity index (χ2n) is 8.59. The van der Waals surface area contributed by atoms with Crippen LogP contribution in [0.1, 0.15) is 31.7 Å². The van der Waals surface area contributed by atoms with E-state index in [1.165, 1.54) is 13.2 Å². The maximum Gasteiger partial charge on any atom is 0.304 e. The van der Waals surface area contributed by atoms with Crippen molar-refractivity contribution in [2.75, 3.05) is 12.8 Å². The summed E-state index contributed by atoms with van der Waals surface area (Å²) in [4.78, 5) is 24.3. The molecule has 180 valence electrons. The Bertz CT molecular complexity index is 1390. The van der Waals surface area contributed by atoms with E-state index in [2.05, 4.69) is 25.3 Å². The Hall–Kier alpha value is -4.41. The van der Waals surface area contributed by atoms with E-state index in [0.29, 0.717) is 40.6 Å². The Kier molecular flexibility index (Phi) is 6.41. The van der Waals surface area contributed by atoms with Crippen molar-refractivity contribution in [1.29, 1.82) is 0 Å². The molecule has 0 saturated heterocycles. The van der Waals surface area contributed by atoms with E-state index in [9.17, 15) is 14.3 Å². The fourth-order valence-corrected chi connectivity index (χ4v) is 3.73. The molecule has 35 heavy (non-hydrogen) atoms. The van der Waals surface area contributed by atoms with Crippen LogP contribution < -0.4 is 10.5 Å². The molecule has 0 aliphatic rings. The number of rotatable bonds is 8. The number of benzene rings is 1. The van der Waals surface area contributed by atoms with Gasteiger partial charge in [0.1, 0.15) is 5.69 Å². The SMILES string of the molecule is COc1c(F)cccc1-c1cc(-c2cn(Cc3cccc(C(C)(C)CC(=O)O)n3)nn2)nc(N)n1. The van der Waals surface area contributed by atoms with Gasteiger partial charge in [0.05, 0.1) is 43.4 Å². The number of pyridine rings is 1. The Balaban J connectivity index is 1.61. The molecule has 4 rings (SSSR count). The molecule has 4 aromatic rings. The van der Waals surface area contributed by atoms with Crippen LogP contribution in [0.4, 0.5) is 10.3 Å². The molecule has 11 heteroatoms. The molecule has 3 heterocycles. The summed E-state index contributed by atoms with van der Waals surface area (Å²) in [6.45, 7) is 3.99. The van der Waals surface area contributed by atoms with Gasteiger partial charge in [0.15, 0.2) is 11.6 Å². The van der Waals surface area contributed by atoms with Gasteiger partial charge in [0, 0.05) is 16.7 Å². The lowest BCUT2D eigenvalue weighted by Gasteiger charge is -2.22. The molecule has 0 radical (unpaired) electrons. The predicted molar refractivity (Wildman–Crippen MR) is 126 cm³/mol.